The quantitative estimate of drug-likeness (QED) is 0.788. The molecule has 0 aliphatic carbocycles. The van der Waals surface area contributed by atoms with E-state index >= 15 is 0 Å². The van der Waals surface area contributed by atoms with Gasteiger partial charge in [-0.15, -0.1) is 11.3 Å². The van der Waals surface area contributed by atoms with Crippen molar-refractivity contribution in [2.45, 2.75) is 26.3 Å². The van der Waals surface area contributed by atoms with Gasteiger partial charge in [0.05, 0.1) is 18.5 Å². The van der Waals surface area contributed by atoms with Crippen LogP contribution in [0.25, 0.3) is 0 Å². The number of carbonyl (C=O) groups excluding carboxylic acids is 1. The molecule has 0 N–H and O–H groups in total. The molecule has 1 unspecified atom stereocenters. The molecule has 1 aliphatic rings. The zero-order chi connectivity index (χ0) is 11.5. The lowest BCUT2D eigenvalue weighted by molar-refractivity contribution is -0.134. The maximum absolute atomic E-state index is 11.7. The average Bonchev–Trinajstić information content (AvgIpc) is 2.68. The number of hydrogen-bond acceptors (Lipinski definition) is 3. The van der Waals surface area contributed by atoms with Gasteiger partial charge in [-0.2, -0.15) is 5.26 Å². The van der Waals surface area contributed by atoms with Gasteiger partial charge in [0.1, 0.15) is 0 Å². The van der Waals surface area contributed by atoms with Crippen LogP contribution < -0.4 is 0 Å². The molecule has 16 heavy (non-hydrogen) atoms. The summed E-state index contributed by atoms with van der Waals surface area (Å²) < 4.78 is 0. The minimum absolute atomic E-state index is 0.0120. The molecule has 1 aliphatic heterocycles. The van der Waals surface area contributed by atoms with Crippen LogP contribution in [0, 0.1) is 24.2 Å². The van der Waals surface area contributed by atoms with Gasteiger partial charge < -0.3 is 4.90 Å². The first-order valence-corrected chi connectivity index (χ1v) is 6.29. The van der Waals surface area contributed by atoms with Gasteiger partial charge in [-0.1, -0.05) is 0 Å². The van der Waals surface area contributed by atoms with E-state index in [1.165, 1.54) is 10.4 Å². The van der Waals surface area contributed by atoms with Crippen LogP contribution in [0.15, 0.2) is 11.4 Å². The van der Waals surface area contributed by atoms with Crippen LogP contribution in [-0.2, 0) is 11.3 Å². The number of nitriles is 1. The van der Waals surface area contributed by atoms with Crippen LogP contribution in [-0.4, -0.2) is 17.4 Å². The minimum atomic E-state index is 0.0120. The predicted molar refractivity (Wildman–Crippen MR) is 62.8 cm³/mol. The molecular weight excluding hydrogens is 220 g/mol. The summed E-state index contributed by atoms with van der Waals surface area (Å²) in [7, 11) is 0. The van der Waals surface area contributed by atoms with Gasteiger partial charge in [0.25, 0.3) is 0 Å². The Morgan fingerprint density at radius 1 is 1.69 bits per heavy atom. The SMILES string of the molecule is Cc1ccsc1CN1CC(C#N)CCC1=O. The molecule has 4 heteroatoms. The van der Waals surface area contributed by atoms with Crippen molar-refractivity contribution in [2.75, 3.05) is 6.54 Å². The first kappa shape index (κ1) is 11.2. The van der Waals surface area contributed by atoms with Gasteiger partial charge in [0.2, 0.25) is 5.91 Å². The number of thiophene rings is 1. The number of carbonyl (C=O) groups is 1. The van der Waals surface area contributed by atoms with Gasteiger partial charge in [-0.3, -0.25) is 4.79 Å². The lowest BCUT2D eigenvalue weighted by atomic mass is 9.99. The van der Waals surface area contributed by atoms with E-state index in [-0.39, 0.29) is 11.8 Å². The third-order valence-corrected chi connectivity index (χ3v) is 3.99. The van der Waals surface area contributed by atoms with Crippen LogP contribution >= 0.6 is 11.3 Å². The highest BCUT2D eigenvalue weighted by Gasteiger charge is 2.25. The van der Waals surface area contributed by atoms with E-state index in [1.54, 1.807) is 11.3 Å². The Kier molecular flexibility index (Phi) is 3.25. The zero-order valence-corrected chi connectivity index (χ0v) is 10.1. The summed E-state index contributed by atoms with van der Waals surface area (Å²) in [5.74, 6) is 0.192. The van der Waals surface area contributed by atoms with Crippen molar-refractivity contribution in [2.24, 2.45) is 5.92 Å². The number of piperidine rings is 1. The van der Waals surface area contributed by atoms with E-state index in [9.17, 15) is 4.79 Å². The fourth-order valence-electron chi connectivity index (χ4n) is 1.91. The predicted octanol–water partition coefficient (Wildman–Crippen LogP) is 2.32. The third kappa shape index (κ3) is 2.25. The highest BCUT2D eigenvalue weighted by molar-refractivity contribution is 7.10. The second-order valence-electron chi connectivity index (χ2n) is 4.17. The molecule has 1 saturated heterocycles. The number of hydrogen-bond donors (Lipinski definition) is 0. The Balaban J connectivity index is 2.06. The molecule has 0 bridgehead atoms. The van der Waals surface area contributed by atoms with E-state index in [2.05, 4.69) is 19.1 Å². The molecule has 1 amide bonds. The summed E-state index contributed by atoms with van der Waals surface area (Å²) in [5.41, 5.74) is 1.23. The molecule has 1 aromatic rings. The minimum Gasteiger partial charge on any atom is -0.336 e. The molecule has 0 saturated carbocycles. The first-order chi connectivity index (χ1) is 7.70. The van der Waals surface area contributed by atoms with Gasteiger partial charge in [0, 0.05) is 17.8 Å². The Morgan fingerprint density at radius 2 is 2.50 bits per heavy atom. The first-order valence-electron chi connectivity index (χ1n) is 5.41. The highest BCUT2D eigenvalue weighted by atomic mass is 32.1. The molecule has 84 valence electrons. The van der Waals surface area contributed by atoms with E-state index < -0.39 is 0 Å². The average molecular weight is 234 g/mol. The van der Waals surface area contributed by atoms with E-state index in [1.807, 2.05) is 10.3 Å². The smallest absolute Gasteiger partial charge is 0.222 e. The Labute approximate surface area is 99.3 Å². The summed E-state index contributed by atoms with van der Waals surface area (Å²) in [6.45, 7) is 3.31. The Bertz CT molecular complexity index is 432. The van der Waals surface area contributed by atoms with Crippen molar-refractivity contribution in [3.05, 3.63) is 21.9 Å². The van der Waals surface area contributed by atoms with Crippen LogP contribution in [0.5, 0.6) is 0 Å². The number of rotatable bonds is 2. The van der Waals surface area contributed by atoms with Crippen LogP contribution in [0.4, 0.5) is 0 Å². The lowest BCUT2D eigenvalue weighted by Crippen LogP contribution is -2.38. The second kappa shape index (κ2) is 4.67. The number of likely N-dealkylation sites (tertiary alicyclic amines) is 1. The summed E-state index contributed by atoms with van der Waals surface area (Å²) in [5, 5.41) is 10.9. The topological polar surface area (TPSA) is 44.1 Å². The molecule has 1 atom stereocenters. The Hall–Kier alpha value is -1.34. The normalized spacial score (nSPS) is 20.9. The summed E-state index contributed by atoms with van der Waals surface area (Å²) in [6.07, 6.45) is 1.23. The molecule has 2 heterocycles. The van der Waals surface area contributed by atoms with Crippen molar-refractivity contribution < 1.29 is 4.79 Å². The summed E-state index contributed by atoms with van der Waals surface area (Å²) >= 11 is 1.68. The monoisotopic (exact) mass is 234 g/mol. The van der Waals surface area contributed by atoms with Crippen LogP contribution in [0.2, 0.25) is 0 Å². The summed E-state index contributed by atoms with van der Waals surface area (Å²) in [6, 6.07) is 4.32. The second-order valence-corrected chi connectivity index (χ2v) is 5.17. The number of nitrogens with zero attached hydrogens (tertiary/aromatic N) is 2. The van der Waals surface area contributed by atoms with Crippen molar-refractivity contribution in [3.63, 3.8) is 0 Å². The van der Waals surface area contributed by atoms with E-state index in [4.69, 9.17) is 5.26 Å². The van der Waals surface area contributed by atoms with Gasteiger partial charge in [-0.25, -0.2) is 0 Å². The standard InChI is InChI=1S/C12H14N2OS/c1-9-4-5-16-11(9)8-14-7-10(6-13)2-3-12(14)15/h4-5,10H,2-3,7-8H2,1H3. The van der Waals surface area contributed by atoms with Gasteiger partial charge in [0.15, 0.2) is 0 Å². The molecule has 0 spiro atoms. The molecule has 1 aromatic heterocycles. The molecule has 1 fully saturated rings. The fraction of sp³-hybridized carbons (Fsp3) is 0.500. The Morgan fingerprint density at radius 3 is 3.12 bits per heavy atom. The summed E-state index contributed by atoms with van der Waals surface area (Å²) in [4.78, 5) is 14.8. The van der Waals surface area contributed by atoms with Crippen molar-refractivity contribution in [1.82, 2.24) is 4.90 Å². The maximum atomic E-state index is 11.7. The largest absolute Gasteiger partial charge is 0.336 e. The van der Waals surface area contributed by atoms with Crippen LogP contribution in [0.3, 0.4) is 0 Å². The molecule has 2 rings (SSSR count). The number of amides is 1. The molecular formula is C12H14N2OS. The van der Waals surface area contributed by atoms with Crippen LogP contribution in [0.1, 0.15) is 23.3 Å². The van der Waals surface area contributed by atoms with E-state index in [0.29, 0.717) is 19.5 Å². The highest BCUT2D eigenvalue weighted by Crippen LogP contribution is 2.23. The maximum Gasteiger partial charge on any atom is 0.222 e. The van der Waals surface area contributed by atoms with Crippen molar-refractivity contribution >= 4 is 17.2 Å². The zero-order valence-electron chi connectivity index (χ0n) is 9.27. The third-order valence-electron chi connectivity index (χ3n) is 2.99. The number of aryl methyl sites for hydroxylation is 1. The van der Waals surface area contributed by atoms with Crippen molar-refractivity contribution in [3.8, 4) is 6.07 Å². The lowest BCUT2D eigenvalue weighted by Gasteiger charge is -2.29. The molecule has 3 nitrogen and oxygen atoms in total. The van der Waals surface area contributed by atoms with Gasteiger partial charge in [-0.05, 0) is 30.4 Å². The van der Waals surface area contributed by atoms with Crippen molar-refractivity contribution in [1.29, 1.82) is 5.26 Å². The molecule has 0 radical (unpaired) electrons. The van der Waals surface area contributed by atoms with Gasteiger partial charge >= 0.3 is 0 Å². The van der Waals surface area contributed by atoms with E-state index in [0.717, 1.165) is 6.42 Å². The fourth-order valence-corrected chi connectivity index (χ4v) is 2.83. The molecule has 0 aromatic carbocycles.